The van der Waals surface area contributed by atoms with Gasteiger partial charge in [0.1, 0.15) is 17.2 Å². The van der Waals surface area contributed by atoms with Gasteiger partial charge in [0.2, 0.25) is 5.95 Å². The minimum absolute atomic E-state index is 0.00735. The number of fused-ring (bicyclic) bond motifs is 1. The van der Waals surface area contributed by atoms with E-state index in [1.54, 1.807) is 37.8 Å². The van der Waals surface area contributed by atoms with E-state index in [4.69, 9.17) is 9.72 Å². The van der Waals surface area contributed by atoms with Crippen molar-refractivity contribution in [3.8, 4) is 17.0 Å². The van der Waals surface area contributed by atoms with Crippen molar-refractivity contribution in [2.75, 3.05) is 45.2 Å². The van der Waals surface area contributed by atoms with Crippen LogP contribution in [0.2, 0.25) is 0 Å². The number of piperazine rings is 1. The average molecular weight is 501 g/mol. The molecule has 5 rings (SSSR count). The third-order valence-corrected chi connectivity index (χ3v) is 6.73. The highest BCUT2D eigenvalue weighted by Crippen LogP contribution is 2.36. The van der Waals surface area contributed by atoms with E-state index in [0.717, 1.165) is 49.3 Å². The smallest absolute Gasteiger partial charge is 0.255 e. The monoisotopic (exact) mass is 500 g/mol. The normalized spacial score (nSPS) is 14.4. The van der Waals surface area contributed by atoms with E-state index in [0.29, 0.717) is 28.8 Å². The summed E-state index contributed by atoms with van der Waals surface area (Å²) >= 11 is 0. The number of hydrogen-bond donors (Lipinski definition) is 1. The van der Waals surface area contributed by atoms with Gasteiger partial charge in [-0.15, -0.1) is 0 Å². The number of amides is 1. The molecule has 1 N–H and O–H groups in total. The summed E-state index contributed by atoms with van der Waals surface area (Å²) in [6, 6.07) is 7.75. The molecule has 1 fully saturated rings. The molecule has 192 valence electrons. The SMILES string of the molecule is CCN1CCN(C(=O)c2ccc(Nc3ncc(OC)c(-c4cn(C(C)C)c5ncccc45)n3)nc2)CC1. The molecule has 4 aromatic rings. The number of aromatic nitrogens is 5. The molecule has 1 aliphatic heterocycles. The van der Waals surface area contributed by atoms with Crippen LogP contribution in [0.1, 0.15) is 37.2 Å². The van der Waals surface area contributed by atoms with Crippen LogP contribution in [0.4, 0.5) is 11.8 Å². The van der Waals surface area contributed by atoms with Crippen molar-refractivity contribution in [1.82, 2.24) is 34.3 Å². The Morgan fingerprint density at radius 1 is 1.08 bits per heavy atom. The van der Waals surface area contributed by atoms with Crippen LogP contribution in [0, 0.1) is 0 Å². The number of pyridine rings is 2. The van der Waals surface area contributed by atoms with Gasteiger partial charge in [-0.1, -0.05) is 6.92 Å². The van der Waals surface area contributed by atoms with E-state index in [2.05, 4.69) is 56.7 Å². The van der Waals surface area contributed by atoms with Crippen LogP contribution in [0.15, 0.2) is 49.1 Å². The zero-order chi connectivity index (χ0) is 25.9. The van der Waals surface area contributed by atoms with E-state index in [1.807, 2.05) is 17.0 Å². The van der Waals surface area contributed by atoms with Crippen LogP contribution >= 0.6 is 0 Å². The maximum absolute atomic E-state index is 12.9. The first-order chi connectivity index (χ1) is 18.0. The molecule has 37 heavy (non-hydrogen) atoms. The summed E-state index contributed by atoms with van der Waals surface area (Å²) in [6.45, 7) is 10.7. The Balaban J connectivity index is 1.38. The molecule has 0 spiro atoms. The Kier molecular flexibility index (Phi) is 7.00. The first-order valence-electron chi connectivity index (χ1n) is 12.6. The van der Waals surface area contributed by atoms with Gasteiger partial charge in [0.15, 0.2) is 5.75 Å². The van der Waals surface area contributed by atoms with E-state index >= 15 is 0 Å². The van der Waals surface area contributed by atoms with Crippen LogP contribution in [-0.2, 0) is 0 Å². The maximum atomic E-state index is 12.9. The van der Waals surface area contributed by atoms with Gasteiger partial charge in [-0.25, -0.2) is 19.9 Å². The minimum atomic E-state index is 0.00735. The van der Waals surface area contributed by atoms with Crippen LogP contribution in [0.5, 0.6) is 5.75 Å². The number of rotatable bonds is 7. The van der Waals surface area contributed by atoms with Gasteiger partial charge in [0.05, 0.1) is 18.9 Å². The van der Waals surface area contributed by atoms with Crippen LogP contribution in [-0.4, -0.2) is 80.0 Å². The molecule has 10 nitrogen and oxygen atoms in total. The fourth-order valence-corrected chi connectivity index (χ4v) is 4.60. The highest BCUT2D eigenvalue weighted by Gasteiger charge is 2.22. The minimum Gasteiger partial charge on any atom is -0.493 e. The zero-order valence-corrected chi connectivity index (χ0v) is 21.7. The van der Waals surface area contributed by atoms with Crippen molar-refractivity contribution in [1.29, 1.82) is 0 Å². The summed E-state index contributed by atoms with van der Waals surface area (Å²) in [5, 5.41) is 4.15. The molecular weight excluding hydrogens is 468 g/mol. The Bertz CT molecular complexity index is 1390. The van der Waals surface area contributed by atoms with Crippen molar-refractivity contribution < 1.29 is 9.53 Å². The van der Waals surface area contributed by atoms with Crippen molar-refractivity contribution in [3.63, 3.8) is 0 Å². The summed E-state index contributed by atoms with van der Waals surface area (Å²) in [5.74, 6) is 1.50. The highest BCUT2D eigenvalue weighted by molar-refractivity contribution is 5.95. The predicted molar refractivity (Wildman–Crippen MR) is 143 cm³/mol. The molecule has 0 aromatic carbocycles. The van der Waals surface area contributed by atoms with Crippen molar-refractivity contribution in [3.05, 3.63) is 54.6 Å². The van der Waals surface area contributed by atoms with Crippen LogP contribution in [0.25, 0.3) is 22.3 Å². The van der Waals surface area contributed by atoms with E-state index in [9.17, 15) is 4.79 Å². The molecule has 0 aliphatic carbocycles. The van der Waals surface area contributed by atoms with Crippen LogP contribution in [0.3, 0.4) is 0 Å². The molecule has 0 saturated carbocycles. The standard InChI is InChI=1S/C27H32N8O2/c1-5-33-11-13-34(14-12-33)26(36)19-8-9-23(29-15-19)31-27-30-16-22(37-4)24(32-27)21-17-35(18(2)3)25-20(21)7-6-10-28-25/h6-10,15-18H,5,11-14H2,1-4H3,(H,29,30,31,32). The molecule has 0 radical (unpaired) electrons. The Hall–Kier alpha value is -4.05. The van der Waals surface area contributed by atoms with Gasteiger partial charge in [-0.2, -0.15) is 0 Å². The maximum Gasteiger partial charge on any atom is 0.255 e. The van der Waals surface area contributed by atoms with Crippen LogP contribution < -0.4 is 10.1 Å². The third-order valence-electron chi connectivity index (χ3n) is 6.73. The van der Waals surface area contributed by atoms with E-state index in [-0.39, 0.29) is 11.9 Å². The Labute approximate surface area is 216 Å². The van der Waals surface area contributed by atoms with E-state index < -0.39 is 0 Å². The highest BCUT2D eigenvalue weighted by atomic mass is 16.5. The quantitative estimate of drug-likeness (QED) is 0.406. The lowest BCUT2D eigenvalue weighted by molar-refractivity contribution is 0.0643. The number of likely N-dealkylation sites (N-methyl/N-ethyl adjacent to an activating group) is 1. The van der Waals surface area contributed by atoms with Gasteiger partial charge in [-0.3, -0.25) is 4.79 Å². The van der Waals surface area contributed by atoms with Gasteiger partial charge in [0.25, 0.3) is 5.91 Å². The Morgan fingerprint density at radius 2 is 1.89 bits per heavy atom. The molecule has 0 bridgehead atoms. The first kappa shape index (κ1) is 24.6. The molecule has 4 aromatic heterocycles. The second-order valence-corrected chi connectivity index (χ2v) is 9.31. The number of ether oxygens (including phenoxy) is 1. The lowest BCUT2D eigenvalue weighted by atomic mass is 10.1. The number of methoxy groups -OCH3 is 1. The fraction of sp³-hybridized carbons (Fsp3) is 0.370. The summed E-state index contributed by atoms with van der Waals surface area (Å²) < 4.78 is 7.72. The van der Waals surface area contributed by atoms with Crippen molar-refractivity contribution >= 4 is 28.7 Å². The number of anilines is 2. The third kappa shape index (κ3) is 4.97. The second kappa shape index (κ2) is 10.5. The Morgan fingerprint density at radius 3 is 2.57 bits per heavy atom. The number of carbonyl (C=O) groups is 1. The first-order valence-corrected chi connectivity index (χ1v) is 12.6. The number of nitrogens with one attached hydrogen (secondary N) is 1. The topological polar surface area (TPSA) is 101 Å². The summed E-state index contributed by atoms with van der Waals surface area (Å²) in [5.41, 5.74) is 3.04. The zero-order valence-electron chi connectivity index (χ0n) is 21.7. The fourth-order valence-electron chi connectivity index (χ4n) is 4.60. The second-order valence-electron chi connectivity index (χ2n) is 9.31. The molecule has 10 heteroatoms. The number of nitrogens with zero attached hydrogens (tertiary/aromatic N) is 7. The summed E-state index contributed by atoms with van der Waals surface area (Å²) in [6.07, 6.45) is 7.09. The van der Waals surface area contributed by atoms with Gasteiger partial charge in [-0.05, 0) is 44.7 Å². The molecule has 0 atom stereocenters. The summed E-state index contributed by atoms with van der Waals surface area (Å²) in [4.78, 5) is 35.3. The number of carbonyl (C=O) groups excluding carboxylic acids is 1. The van der Waals surface area contributed by atoms with E-state index in [1.165, 1.54) is 0 Å². The van der Waals surface area contributed by atoms with Gasteiger partial charge < -0.3 is 24.4 Å². The largest absolute Gasteiger partial charge is 0.493 e. The molecule has 0 unspecified atom stereocenters. The lowest BCUT2D eigenvalue weighted by Crippen LogP contribution is -2.48. The van der Waals surface area contributed by atoms with Gasteiger partial charge in [0, 0.05) is 61.8 Å². The van der Waals surface area contributed by atoms with Crippen molar-refractivity contribution in [2.45, 2.75) is 26.8 Å². The average Bonchev–Trinajstić information content (AvgIpc) is 3.33. The van der Waals surface area contributed by atoms with Gasteiger partial charge >= 0.3 is 0 Å². The predicted octanol–water partition coefficient (Wildman–Crippen LogP) is 4.00. The summed E-state index contributed by atoms with van der Waals surface area (Å²) in [7, 11) is 1.61. The van der Waals surface area contributed by atoms with Crippen molar-refractivity contribution in [2.24, 2.45) is 0 Å². The molecular formula is C27H32N8O2. The number of hydrogen-bond acceptors (Lipinski definition) is 8. The lowest BCUT2D eigenvalue weighted by Gasteiger charge is -2.34. The molecule has 5 heterocycles. The molecule has 1 saturated heterocycles. The molecule has 1 aliphatic rings. The molecule has 1 amide bonds.